The second-order valence-electron chi connectivity index (χ2n) is 3.75. The Hall–Kier alpha value is -2.40. The summed E-state index contributed by atoms with van der Waals surface area (Å²) < 4.78 is 0. The zero-order valence-electron chi connectivity index (χ0n) is 9.35. The van der Waals surface area contributed by atoms with Gasteiger partial charge in [0.05, 0.1) is 0 Å². The maximum absolute atomic E-state index is 9.17. The number of benzene rings is 2. The van der Waals surface area contributed by atoms with Crippen molar-refractivity contribution in [2.45, 2.75) is 6.54 Å². The van der Waals surface area contributed by atoms with E-state index in [0.717, 1.165) is 16.8 Å². The molecule has 2 heteroatoms. The zero-order valence-corrected chi connectivity index (χ0v) is 9.35. The number of nitrogens with one attached hydrogen (secondary N) is 1. The molecule has 0 aliphatic carbocycles. The van der Waals surface area contributed by atoms with Gasteiger partial charge in [-0.05, 0) is 35.9 Å². The summed E-state index contributed by atoms with van der Waals surface area (Å²) in [6.07, 6.45) is 5.34. The molecule has 2 aromatic rings. The van der Waals surface area contributed by atoms with E-state index in [4.69, 9.17) is 11.5 Å². The molecule has 0 saturated carbocycles. The Kier molecular flexibility index (Phi) is 3.32. The molecule has 0 radical (unpaired) electrons. The van der Waals surface area contributed by atoms with Crippen molar-refractivity contribution in [3.8, 4) is 18.1 Å². The third-order valence-corrected chi connectivity index (χ3v) is 2.46. The van der Waals surface area contributed by atoms with E-state index in [1.165, 1.54) is 0 Å². The van der Waals surface area contributed by atoms with Gasteiger partial charge in [0.2, 0.25) is 0 Å². The average molecular weight is 223 g/mol. The average Bonchev–Trinajstić information content (AvgIpc) is 2.38. The van der Waals surface area contributed by atoms with Gasteiger partial charge in [0.25, 0.3) is 0 Å². The molecule has 0 aromatic heterocycles. The van der Waals surface area contributed by atoms with Gasteiger partial charge < -0.3 is 10.4 Å². The van der Waals surface area contributed by atoms with E-state index in [1.54, 1.807) is 12.1 Å². The first-order chi connectivity index (χ1) is 8.28. The number of rotatable bonds is 3. The minimum absolute atomic E-state index is 0.281. The van der Waals surface area contributed by atoms with Crippen molar-refractivity contribution in [3.63, 3.8) is 0 Å². The van der Waals surface area contributed by atoms with Gasteiger partial charge in [-0.15, -0.1) is 6.42 Å². The fraction of sp³-hybridized carbons (Fsp3) is 0.0667. The summed E-state index contributed by atoms with van der Waals surface area (Å²) in [6, 6.07) is 14.8. The Balaban J connectivity index is 2.02. The molecule has 2 N–H and O–H groups in total. The molecule has 17 heavy (non-hydrogen) atoms. The van der Waals surface area contributed by atoms with E-state index in [9.17, 15) is 0 Å². The number of anilines is 1. The number of aromatic hydroxyl groups is 1. The van der Waals surface area contributed by atoms with Gasteiger partial charge in [-0.1, -0.05) is 24.1 Å². The van der Waals surface area contributed by atoms with Gasteiger partial charge >= 0.3 is 0 Å². The summed E-state index contributed by atoms with van der Waals surface area (Å²) >= 11 is 0. The molecule has 0 atom stereocenters. The van der Waals surface area contributed by atoms with Crippen LogP contribution in [-0.4, -0.2) is 5.11 Å². The molecule has 0 bridgehead atoms. The lowest BCUT2D eigenvalue weighted by molar-refractivity contribution is 0.475. The fourth-order valence-corrected chi connectivity index (χ4v) is 1.54. The minimum atomic E-state index is 0.281. The van der Waals surface area contributed by atoms with Crippen LogP contribution in [0.25, 0.3) is 0 Å². The lowest BCUT2D eigenvalue weighted by Gasteiger charge is -2.07. The van der Waals surface area contributed by atoms with Gasteiger partial charge in [0.1, 0.15) is 5.75 Å². The van der Waals surface area contributed by atoms with E-state index in [0.29, 0.717) is 6.54 Å². The number of hydrogen-bond donors (Lipinski definition) is 2. The molecule has 0 fully saturated rings. The first kappa shape index (κ1) is 11.1. The largest absolute Gasteiger partial charge is 0.508 e. The first-order valence-corrected chi connectivity index (χ1v) is 5.36. The maximum Gasteiger partial charge on any atom is 0.115 e. The molecule has 0 saturated heterocycles. The fourth-order valence-electron chi connectivity index (χ4n) is 1.54. The first-order valence-electron chi connectivity index (χ1n) is 5.36. The highest BCUT2D eigenvalue weighted by molar-refractivity contribution is 5.50. The van der Waals surface area contributed by atoms with Crippen LogP contribution in [0.3, 0.4) is 0 Å². The van der Waals surface area contributed by atoms with E-state index in [-0.39, 0.29) is 5.75 Å². The Bertz CT molecular complexity index is 538. The molecule has 0 spiro atoms. The summed E-state index contributed by atoms with van der Waals surface area (Å²) in [4.78, 5) is 0. The van der Waals surface area contributed by atoms with E-state index in [2.05, 4.69) is 11.2 Å². The highest BCUT2D eigenvalue weighted by Crippen LogP contribution is 2.13. The quantitative estimate of drug-likeness (QED) is 0.784. The van der Waals surface area contributed by atoms with Crippen LogP contribution in [0.4, 0.5) is 5.69 Å². The van der Waals surface area contributed by atoms with Gasteiger partial charge in [0, 0.05) is 17.8 Å². The van der Waals surface area contributed by atoms with Crippen molar-refractivity contribution in [2.75, 3.05) is 5.32 Å². The smallest absolute Gasteiger partial charge is 0.115 e. The summed E-state index contributed by atoms with van der Waals surface area (Å²) in [5.74, 6) is 2.88. The van der Waals surface area contributed by atoms with E-state index >= 15 is 0 Å². The topological polar surface area (TPSA) is 32.3 Å². The molecule has 0 aliphatic heterocycles. The molecule has 0 heterocycles. The number of terminal acetylenes is 1. The lowest BCUT2D eigenvalue weighted by atomic mass is 10.2. The van der Waals surface area contributed by atoms with Crippen LogP contribution in [0.5, 0.6) is 5.75 Å². The molecule has 0 amide bonds. The Morgan fingerprint density at radius 3 is 2.59 bits per heavy atom. The molecule has 0 unspecified atom stereocenters. The number of phenolic OH excluding ortho intramolecular Hbond substituents is 1. The monoisotopic (exact) mass is 223 g/mol. The van der Waals surface area contributed by atoms with Crippen LogP contribution in [0, 0.1) is 12.3 Å². The van der Waals surface area contributed by atoms with Crippen LogP contribution in [0.15, 0.2) is 48.5 Å². The highest BCUT2D eigenvalue weighted by atomic mass is 16.3. The standard InChI is InChI=1S/C15H13NO/c1-2-12-4-3-5-14(10-12)16-11-13-6-8-15(17)9-7-13/h1,3-10,16-17H,11H2. The van der Waals surface area contributed by atoms with Crippen molar-refractivity contribution in [2.24, 2.45) is 0 Å². The Labute approximate surface area is 101 Å². The van der Waals surface area contributed by atoms with Gasteiger partial charge in [-0.2, -0.15) is 0 Å². The predicted octanol–water partition coefficient (Wildman–Crippen LogP) is 2.99. The van der Waals surface area contributed by atoms with Crippen LogP contribution in [0.2, 0.25) is 0 Å². The van der Waals surface area contributed by atoms with Crippen molar-refractivity contribution in [3.05, 3.63) is 59.7 Å². The third kappa shape index (κ3) is 3.02. The number of hydrogen-bond acceptors (Lipinski definition) is 2. The molecule has 2 nitrogen and oxygen atoms in total. The SMILES string of the molecule is C#Cc1cccc(NCc2ccc(O)cc2)c1. The van der Waals surface area contributed by atoms with Crippen LogP contribution in [0.1, 0.15) is 11.1 Å². The second kappa shape index (κ2) is 5.09. The molecule has 84 valence electrons. The van der Waals surface area contributed by atoms with E-state index in [1.807, 2.05) is 36.4 Å². The molecule has 0 aliphatic rings. The summed E-state index contributed by atoms with van der Waals surface area (Å²) in [6.45, 7) is 0.703. The Morgan fingerprint density at radius 2 is 1.88 bits per heavy atom. The summed E-state index contributed by atoms with van der Waals surface area (Å²) in [5.41, 5.74) is 2.96. The third-order valence-electron chi connectivity index (χ3n) is 2.46. The van der Waals surface area contributed by atoms with Crippen molar-refractivity contribution in [1.82, 2.24) is 0 Å². The van der Waals surface area contributed by atoms with Gasteiger partial charge in [0.15, 0.2) is 0 Å². The number of phenols is 1. The summed E-state index contributed by atoms with van der Waals surface area (Å²) in [7, 11) is 0. The zero-order chi connectivity index (χ0) is 12.1. The lowest BCUT2D eigenvalue weighted by Crippen LogP contribution is -1.99. The predicted molar refractivity (Wildman–Crippen MR) is 69.8 cm³/mol. The van der Waals surface area contributed by atoms with Gasteiger partial charge in [-0.3, -0.25) is 0 Å². The van der Waals surface area contributed by atoms with Gasteiger partial charge in [-0.25, -0.2) is 0 Å². The molecular weight excluding hydrogens is 210 g/mol. The molecular formula is C15H13NO. The van der Waals surface area contributed by atoms with Crippen molar-refractivity contribution < 1.29 is 5.11 Å². The van der Waals surface area contributed by atoms with Crippen molar-refractivity contribution in [1.29, 1.82) is 0 Å². The van der Waals surface area contributed by atoms with E-state index < -0.39 is 0 Å². The molecule has 2 aromatic carbocycles. The van der Waals surface area contributed by atoms with Crippen molar-refractivity contribution >= 4 is 5.69 Å². The highest BCUT2D eigenvalue weighted by Gasteiger charge is 1.95. The van der Waals surface area contributed by atoms with Crippen LogP contribution in [-0.2, 0) is 6.54 Å². The minimum Gasteiger partial charge on any atom is -0.508 e. The van der Waals surface area contributed by atoms with Crippen LogP contribution >= 0.6 is 0 Å². The summed E-state index contributed by atoms with van der Waals surface area (Å²) in [5, 5.41) is 12.4. The normalized spacial score (nSPS) is 9.59. The Morgan fingerprint density at radius 1 is 1.12 bits per heavy atom. The van der Waals surface area contributed by atoms with Crippen LogP contribution < -0.4 is 5.32 Å². The molecule has 2 rings (SSSR count). The second-order valence-corrected chi connectivity index (χ2v) is 3.75. The maximum atomic E-state index is 9.17.